The highest BCUT2D eigenvalue weighted by Crippen LogP contribution is 2.13. The zero-order valence-corrected chi connectivity index (χ0v) is 5.65. The van der Waals surface area contributed by atoms with Gasteiger partial charge in [-0.15, -0.1) is 0 Å². The Kier molecular flexibility index (Phi) is 2.07. The van der Waals surface area contributed by atoms with Crippen molar-refractivity contribution in [1.82, 2.24) is 0 Å². The average molecular weight is 98.2 g/mol. The van der Waals surface area contributed by atoms with Crippen LogP contribution in [0.5, 0.6) is 0 Å². The van der Waals surface area contributed by atoms with Crippen LogP contribution < -0.4 is 0 Å². The normalized spacial score (nSPS) is 13.1. The van der Waals surface area contributed by atoms with Gasteiger partial charge in [-0.05, 0) is 12.3 Å². The molecule has 0 aliphatic carbocycles. The van der Waals surface area contributed by atoms with Gasteiger partial charge in [-0.1, -0.05) is 32.9 Å². The molecule has 0 bridgehead atoms. The molecule has 0 fully saturated rings. The Morgan fingerprint density at radius 1 is 1.14 bits per heavy atom. The van der Waals surface area contributed by atoms with Crippen LogP contribution in [0, 0.1) is 5.41 Å². The maximum atomic E-state index is 2.19. The first-order chi connectivity index (χ1) is 3.06. The molecule has 0 nitrogen and oxygen atoms in total. The van der Waals surface area contributed by atoms with Gasteiger partial charge in [0.05, 0.1) is 0 Å². The summed E-state index contributed by atoms with van der Waals surface area (Å²) in [5, 5.41) is 0. The van der Waals surface area contributed by atoms with Gasteiger partial charge < -0.3 is 0 Å². The van der Waals surface area contributed by atoms with E-state index in [0.29, 0.717) is 5.41 Å². The predicted octanol–water partition coefficient (Wildman–Crippen LogP) is 2.61. The molecule has 0 spiro atoms. The fourth-order valence-corrected chi connectivity index (χ4v) is 0.500. The van der Waals surface area contributed by atoms with Gasteiger partial charge in [0.1, 0.15) is 0 Å². The molecule has 0 atom stereocenters. The van der Waals surface area contributed by atoms with Crippen molar-refractivity contribution >= 4 is 0 Å². The Hall–Kier alpha value is -0.260. The summed E-state index contributed by atoms with van der Waals surface area (Å²) in [7, 11) is 0. The highest BCUT2D eigenvalue weighted by Gasteiger charge is 2.00. The molecule has 0 amide bonds. The van der Waals surface area contributed by atoms with Crippen LogP contribution in [0.15, 0.2) is 12.2 Å². The van der Waals surface area contributed by atoms with Crippen LogP contribution in [-0.4, -0.2) is 0 Å². The van der Waals surface area contributed by atoms with Crippen molar-refractivity contribution in [3.05, 3.63) is 12.2 Å². The van der Waals surface area contributed by atoms with E-state index in [1.54, 1.807) is 0 Å². The highest BCUT2D eigenvalue weighted by molar-refractivity contribution is 4.88. The molecule has 0 rings (SSSR count). The van der Waals surface area contributed by atoms with Crippen LogP contribution in [0.2, 0.25) is 0 Å². The number of hydrogen-bond donors (Lipinski definition) is 0. The van der Waals surface area contributed by atoms with Gasteiger partial charge >= 0.3 is 0 Å². The maximum Gasteiger partial charge on any atom is -0.0203 e. The molecule has 0 aromatic heterocycles. The van der Waals surface area contributed by atoms with Crippen molar-refractivity contribution < 1.29 is 0 Å². The topological polar surface area (TPSA) is 0 Å². The van der Waals surface area contributed by atoms with E-state index in [4.69, 9.17) is 0 Å². The third kappa shape index (κ3) is 5.74. The number of hydrogen-bond acceptors (Lipinski definition) is 0. The molecule has 0 N–H and O–H groups in total. The van der Waals surface area contributed by atoms with Crippen LogP contribution in [0.4, 0.5) is 0 Å². The summed E-state index contributed by atoms with van der Waals surface area (Å²) < 4.78 is 0. The lowest BCUT2D eigenvalue weighted by atomic mass is 9.97. The van der Waals surface area contributed by atoms with Crippen LogP contribution in [-0.2, 0) is 0 Å². The second-order valence-electron chi connectivity index (χ2n) is 2.87. The third-order valence-corrected chi connectivity index (χ3v) is 0.667. The molecule has 0 radical (unpaired) electrons. The van der Waals surface area contributed by atoms with Crippen molar-refractivity contribution in [3.63, 3.8) is 0 Å². The van der Waals surface area contributed by atoms with Gasteiger partial charge in [0.15, 0.2) is 0 Å². The van der Waals surface area contributed by atoms with Crippen molar-refractivity contribution in [2.24, 2.45) is 5.41 Å². The first kappa shape index (κ1) is 6.74. The smallest absolute Gasteiger partial charge is 0.0203 e. The summed E-state index contributed by atoms with van der Waals surface area (Å²) in [5.41, 5.74) is 0.370. The third-order valence-electron chi connectivity index (χ3n) is 0.667. The number of allylic oxidation sites excluding steroid dienone is 2. The molecule has 0 unspecified atom stereocenters. The predicted molar refractivity (Wildman–Crippen MR) is 34.3 cm³/mol. The van der Waals surface area contributed by atoms with E-state index in [-0.39, 0.29) is 0 Å². The summed E-state index contributed by atoms with van der Waals surface area (Å²) in [4.78, 5) is 0. The van der Waals surface area contributed by atoms with Crippen LogP contribution >= 0.6 is 0 Å². The SMILES string of the molecule is C/C=C\C(C)(C)C. The van der Waals surface area contributed by atoms with Crippen molar-refractivity contribution in [2.45, 2.75) is 27.7 Å². The van der Waals surface area contributed by atoms with E-state index >= 15 is 0 Å². The summed E-state index contributed by atoms with van der Waals surface area (Å²) in [6.45, 7) is 8.61. The van der Waals surface area contributed by atoms with E-state index < -0.39 is 0 Å². The minimum atomic E-state index is 0.370. The van der Waals surface area contributed by atoms with Crippen LogP contribution in [0.25, 0.3) is 0 Å². The fraction of sp³-hybridized carbons (Fsp3) is 0.714. The Morgan fingerprint density at radius 3 is 1.57 bits per heavy atom. The van der Waals surface area contributed by atoms with Crippen molar-refractivity contribution in [2.75, 3.05) is 0 Å². The fourth-order valence-electron chi connectivity index (χ4n) is 0.500. The van der Waals surface area contributed by atoms with Crippen LogP contribution in [0.1, 0.15) is 27.7 Å². The molecular weight excluding hydrogens is 84.1 g/mol. The first-order valence-corrected chi connectivity index (χ1v) is 2.70. The molecule has 42 valence electrons. The van der Waals surface area contributed by atoms with Gasteiger partial charge in [0.25, 0.3) is 0 Å². The molecule has 0 aromatic carbocycles. The van der Waals surface area contributed by atoms with Gasteiger partial charge in [-0.25, -0.2) is 0 Å². The Balaban J connectivity index is 3.56. The van der Waals surface area contributed by atoms with E-state index in [9.17, 15) is 0 Å². The summed E-state index contributed by atoms with van der Waals surface area (Å²) in [6, 6.07) is 0. The molecular formula is C7H14. The minimum absolute atomic E-state index is 0.370. The number of rotatable bonds is 0. The molecule has 0 aliphatic heterocycles. The highest BCUT2D eigenvalue weighted by atomic mass is 14.1. The molecule has 0 heterocycles. The molecule has 0 aliphatic rings. The summed E-state index contributed by atoms with van der Waals surface area (Å²) >= 11 is 0. The van der Waals surface area contributed by atoms with Crippen molar-refractivity contribution in [1.29, 1.82) is 0 Å². The van der Waals surface area contributed by atoms with E-state index in [0.717, 1.165) is 0 Å². The Bertz CT molecular complexity index is 62.6. The van der Waals surface area contributed by atoms with Gasteiger partial charge in [0.2, 0.25) is 0 Å². The second-order valence-corrected chi connectivity index (χ2v) is 2.87. The van der Waals surface area contributed by atoms with E-state index in [2.05, 4.69) is 32.9 Å². The Morgan fingerprint density at radius 2 is 1.57 bits per heavy atom. The Labute approximate surface area is 46.2 Å². The van der Waals surface area contributed by atoms with Gasteiger partial charge in [0, 0.05) is 0 Å². The second kappa shape index (κ2) is 2.15. The zero-order chi connectivity index (χ0) is 5.91. The molecule has 0 saturated carbocycles. The lowest BCUT2D eigenvalue weighted by Gasteiger charge is -2.09. The molecule has 0 heteroatoms. The molecule has 0 aromatic rings. The van der Waals surface area contributed by atoms with Crippen molar-refractivity contribution in [3.8, 4) is 0 Å². The average Bonchev–Trinajstić information content (AvgIpc) is 1.30. The summed E-state index contributed by atoms with van der Waals surface area (Å²) in [5.74, 6) is 0. The monoisotopic (exact) mass is 98.1 g/mol. The lowest BCUT2D eigenvalue weighted by molar-refractivity contribution is 0.543. The van der Waals surface area contributed by atoms with E-state index in [1.165, 1.54) is 0 Å². The minimum Gasteiger partial charge on any atom is -0.0911 e. The van der Waals surface area contributed by atoms with Gasteiger partial charge in [-0.3, -0.25) is 0 Å². The standard InChI is InChI=1S/C7H14/c1-5-6-7(2,3)4/h5-6H,1-4H3/b6-5-. The van der Waals surface area contributed by atoms with Gasteiger partial charge in [-0.2, -0.15) is 0 Å². The first-order valence-electron chi connectivity index (χ1n) is 2.70. The largest absolute Gasteiger partial charge is 0.0911 e. The lowest BCUT2D eigenvalue weighted by Crippen LogP contribution is -1.97. The molecule has 0 saturated heterocycles. The van der Waals surface area contributed by atoms with E-state index in [1.807, 2.05) is 6.92 Å². The maximum absolute atomic E-state index is 2.19. The zero-order valence-electron chi connectivity index (χ0n) is 5.65. The summed E-state index contributed by atoms with van der Waals surface area (Å²) in [6.07, 6.45) is 4.27. The molecule has 7 heavy (non-hydrogen) atoms. The quantitative estimate of drug-likeness (QED) is 0.408. The van der Waals surface area contributed by atoms with Crippen LogP contribution in [0.3, 0.4) is 0 Å².